The second kappa shape index (κ2) is 5.68. The van der Waals surface area contributed by atoms with Crippen LogP contribution in [0.1, 0.15) is 13.3 Å². The molecule has 0 bridgehead atoms. The summed E-state index contributed by atoms with van der Waals surface area (Å²) in [7, 11) is 0. The molecule has 1 heterocycles. The Labute approximate surface area is 98.5 Å². The van der Waals surface area contributed by atoms with Crippen molar-refractivity contribution in [2.75, 3.05) is 32.7 Å². The highest BCUT2D eigenvalue weighted by Gasteiger charge is 2.43. The first-order valence-corrected chi connectivity index (χ1v) is 5.70. The van der Waals surface area contributed by atoms with E-state index in [4.69, 9.17) is 5.73 Å². The van der Waals surface area contributed by atoms with Crippen LogP contribution in [-0.2, 0) is 4.79 Å². The topological polar surface area (TPSA) is 49.6 Å². The van der Waals surface area contributed by atoms with Gasteiger partial charge in [0.15, 0.2) is 0 Å². The van der Waals surface area contributed by atoms with Gasteiger partial charge in [0, 0.05) is 38.8 Å². The molecule has 1 fully saturated rings. The number of halogens is 3. The lowest BCUT2D eigenvalue weighted by atomic mass is 10.1. The number of carbonyl (C=O) groups is 1. The molecular formula is C10H18F3N3O. The van der Waals surface area contributed by atoms with Crippen LogP contribution in [0.2, 0.25) is 0 Å². The molecule has 1 amide bonds. The van der Waals surface area contributed by atoms with Gasteiger partial charge >= 0.3 is 12.1 Å². The summed E-state index contributed by atoms with van der Waals surface area (Å²) in [5.74, 6) is -1.74. The third-order valence-electron chi connectivity index (χ3n) is 3.10. The first-order valence-electron chi connectivity index (χ1n) is 5.70. The Kier molecular flexibility index (Phi) is 4.76. The Morgan fingerprint density at radius 2 is 1.82 bits per heavy atom. The smallest absolute Gasteiger partial charge is 0.332 e. The predicted octanol–water partition coefficient (Wildman–Crippen LogP) is 0.430. The van der Waals surface area contributed by atoms with Crippen LogP contribution in [0.25, 0.3) is 0 Å². The number of rotatable bonds is 3. The molecular weight excluding hydrogens is 235 g/mol. The van der Waals surface area contributed by atoms with E-state index in [-0.39, 0.29) is 19.1 Å². The second-order valence-electron chi connectivity index (χ2n) is 4.12. The van der Waals surface area contributed by atoms with Crippen LogP contribution in [0.4, 0.5) is 13.2 Å². The Hall–Kier alpha value is -0.820. The average Bonchev–Trinajstić information content (AvgIpc) is 2.29. The van der Waals surface area contributed by atoms with E-state index in [1.54, 1.807) is 0 Å². The van der Waals surface area contributed by atoms with Gasteiger partial charge in [-0.3, -0.25) is 9.69 Å². The summed E-state index contributed by atoms with van der Waals surface area (Å²) in [6.45, 7) is 3.63. The summed E-state index contributed by atoms with van der Waals surface area (Å²) in [5, 5.41) is 0. The van der Waals surface area contributed by atoms with Crippen molar-refractivity contribution < 1.29 is 18.0 Å². The number of nitrogens with two attached hydrogens (primary N) is 1. The van der Waals surface area contributed by atoms with Crippen molar-refractivity contribution in [2.24, 2.45) is 5.73 Å². The van der Waals surface area contributed by atoms with Crippen LogP contribution in [0.3, 0.4) is 0 Å². The highest BCUT2D eigenvalue weighted by Crippen LogP contribution is 2.20. The van der Waals surface area contributed by atoms with Gasteiger partial charge in [-0.25, -0.2) is 0 Å². The molecule has 0 aromatic rings. The number of alkyl halides is 3. The van der Waals surface area contributed by atoms with Crippen molar-refractivity contribution in [3.63, 3.8) is 0 Å². The molecule has 1 aliphatic rings. The molecule has 2 N–H and O–H groups in total. The normalized spacial score (nSPS) is 20.4. The molecule has 0 aromatic carbocycles. The number of hydrogen-bond acceptors (Lipinski definition) is 3. The molecule has 0 spiro atoms. The molecule has 7 heteroatoms. The molecule has 1 rings (SSSR count). The maximum atomic E-state index is 12.2. The van der Waals surface area contributed by atoms with Gasteiger partial charge in [-0.1, -0.05) is 6.92 Å². The largest absolute Gasteiger partial charge is 0.471 e. The number of nitrogens with zero attached hydrogens (tertiary/aromatic N) is 2. The Balaban J connectivity index is 2.48. The first kappa shape index (κ1) is 14.2. The van der Waals surface area contributed by atoms with Gasteiger partial charge in [-0.15, -0.1) is 0 Å². The summed E-state index contributed by atoms with van der Waals surface area (Å²) < 4.78 is 36.6. The van der Waals surface area contributed by atoms with E-state index >= 15 is 0 Å². The minimum Gasteiger partial charge on any atom is -0.332 e. The van der Waals surface area contributed by atoms with E-state index in [0.717, 1.165) is 11.3 Å². The van der Waals surface area contributed by atoms with E-state index in [0.29, 0.717) is 19.6 Å². The fourth-order valence-electron chi connectivity index (χ4n) is 2.04. The monoisotopic (exact) mass is 253 g/mol. The van der Waals surface area contributed by atoms with Gasteiger partial charge in [0.05, 0.1) is 0 Å². The van der Waals surface area contributed by atoms with Crippen LogP contribution < -0.4 is 5.73 Å². The van der Waals surface area contributed by atoms with E-state index in [1.807, 2.05) is 11.8 Å². The molecule has 100 valence electrons. The zero-order valence-corrected chi connectivity index (χ0v) is 9.83. The Morgan fingerprint density at radius 3 is 2.18 bits per heavy atom. The quantitative estimate of drug-likeness (QED) is 0.793. The minimum atomic E-state index is -4.76. The highest BCUT2D eigenvalue weighted by molar-refractivity contribution is 5.81. The molecule has 1 aliphatic heterocycles. The SMILES string of the molecule is CCC(CN)N1CCN(C(=O)C(F)(F)F)CC1. The number of amides is 1. The van der Waals surface area contributed by atoms with E-state index < -0.39 is 12.1 Å². The third kappa shape index (κ3) is 3.57. The van der Waals surface area contributed by atoms with Gasteiger partial charge in [0.1, 0.15) is 0 Å². The van der Waals surface area contributed by atoms with Crippen LogP contribution in [0.5, 0.6) is 0 Å². The molecule has 0 radical (unpaired) electrons. The number of piperazine rings is 1. The lowest BCUT2D eigenvalue weighted by Crippen LogP contribution is -2.55. The molecule has 1 unspecified atom stereocenters. The van der Waals surface area contributed by atoms with Crippen LogP contribution in [0.15, 0.2) is 0 Å². The molecule has 1 atom stereocenters. The molecule has 1 saturated heterocycles. The molecule has 0 aromatic heterocycles. The molecule has 0 aliphatic carbocycles. The zero-order valence-electron chi connectivity index (χ0n) is 9.83. The van der Waals surface area contributed by atoms with Gasteiger partial charge in [0.25, 0.3) is 0 Å². The average molecular weight is 253 g/mol. The van der Waals surface area contributed by atoms with Gasteiger partial charge in [-0.05, 0) is 6.42 Å². The number of carbonyl (C=O) groups excluding carboxylic acids is 1. The lowest BCUT2D eigenvalue weighted by Gasteiger charge is -2.38. The van der Waals surface area contributed by atoms with Gasteiger partial charge in [-0.2, -0.15) is 13.2 Å². The van der Waals surface area contributed by atoms with Crippen molar-refractivity contribution in [1.29, 1.82) is 0 Å². The number of hydrogen-bond donors (Lipinski definition) is 1. The summed E-state index contributed by atoms with van der Waals surface area (Å²) in [6, 6.07) is 0.193. The molecule has 4 nitrogen and oxygen atoms in total. The highest BCUT2D eigenvalue weighted by atomic mass is 19.4. The van der Waals surface area contributed by atoms with Crippen molar-refractivity contribution in [3.8, 4) is 0 Å². The summed E-state index contributed by atoms with van der Waals surface area (Å²) in [6.07, 6.45) is -3.90. The van der Waals surface area contributed by atoms with E-state index in [9.17, 15) is 18.0 Å². The summed E-state index contributed by atoms with van der Waals surface area (Å²) in [4.78, 5) is 13.9. The summed E-state index contributed by atoms with van der Waals surface area (Å²) in [5.41, 5.74) is 5.58. The predicted molar refractivity (Wildman–Crippen MR) is 57.3 cm³/mol. The fourth-order valence-corrected chi connectivity index (χ4v) is 2.04. The maximum Gasteiger partial charge on any atom is 0.471 e. The van der Waals surface area contributed by atoms with Crippen molar-refractivity contribution in [2.45, 2.75) is 25.6 Å². The Bertz CT molecular complexity index is 258. The fraction of sp³-hybridized carbons (Fsp3) is 0.900. The van der Waals surface area contributed by atoms with E-state index in [2.05, 4.69) is 0 Å². The van der Waals surface area contributed by atoms with E-state index in [1.165, 1.54) is 0 Å². The maximum absolute atomic E-state index is 12.2. The first-order chi connectivity index (χ1) is 7.90. The van der Waals surface area contributed by atoms with Gasteiger partial charge < -0.3 is 10.6 Å². The molecule has 0 saturated carbocycles. The minimum absolute atomic E-state index is 0.120. The van der Waals surface area contributed by atoms with Crippen molar-refractivity contribution >= 4 is 5.91 Å². The molecule has 17 heavy (non-hydrogen) atoms. The zero-order chi connectivity index (χ0) is 13.1. The van der Waals surface area contributed by atoms with Crippen molar-refractivity contribution in [1.82, 2.24) is 9.80 Å². The summed E-state index contributed by atoms with van der Waals surface area (Å²) >= 11 is 0. The van der Waals surface area contributed by atoms with Crippen LogP contribution in [0, 0.1) is 0 Å². The van der Waals surface area contributed by atoms with Crippen LogP contribution in [-0.4, -0.2) is 60.6 Å². The lowest BCUT2D eigenvalue weighted by molar-refractivity contribution is -0.187. The second-order valence-corrected chi connectivity index (χ2v) is 4.12. The van der Waals surface area contributed by atoms with Crippen LogP contribution >= 0.6 is 0 Å². The Morgan fingerprint density at radius 1 is 1.29 bits per heavy atom. The standard InChI is InChI=1S/C10H18F3N3O/c1-2-8(7-14)15-3-5-16(6-4-15)9(17)10(11,12)13/h8H,2-7,14H2,1H3. The third-order valence-corrected chi connectivity index (χ3v) is 3.10. The van der Waals surface area contributed by atoms with Crippen molar-refractivity contribution in [3.05, 3.63) is 0 Å². The van der Waals surface area contributed by atoms with Gasteiger partial charge in [0.2, 0.25) is 0 Å².